The van der Waals surface area contributed by atoms with Crippen LogP contribution in [0, 0.1) is 0 Å². The van der Waals surface area contributed by atoms with E-state index in [0.717, 1.165) is 0 Å². The first kappa shape index (κ1) is 13.6. The van der Waals surface area contributed by atoms with E-state index in [-0.39, 0.29) is 24.6 Å². The second-order valence-electron chi connectivity index (χ2n) is 3.66. The molecule has 0 amide bonds. The molecule has 2 aromatic rings. The van der Waals surface area contributed by atoms with E-state index >= 15 is 0 Å². The molecular formula is C9H13N5O4S. The van der Waals surface area contributed by atoms with Crippen molar-refractivity contribution in [2.75, 3.05) is 13.2 Å². The lowest BCUT2D eigenvalue weighted by molar-refractivity contribution is 0.269. The summed E-state index contributed by atoms with van der Waals surface area (Å²) in [4.78, 5) is 3.83. The maximum atomic E-state index is 11.9. The van der Waals surface area contributed by atoms with Crippen LogP contribution in [0.15, 0.2) is 28.2 Å². The number of sulfonamides is 1. The minimum absolute atomic E-state index is 0.0501. The van der Waals surface area contributed by atoms with Crippen LogP contribution in [-0.4, -0.2) is 46.6 Å². The van der Waals surface area contributed by atoms with Crippen LogP contribution in [0.1, 0.15) is 5.82 Å². The molecule has 9 nitrogen and oxygen atoms in total. The molecule has 0 atom stereocenters. The fourth-order valence-corrected chi connectivity index (χ4v) is 2.38. The molecule has 0 radical (unpaired) electrons. The van der Waals surface area contributed by atoms with Gasteiger partial charge in [-0.1, -0.05) is 5.16 Å². The largest absolute Gasteiger partial charge is 0.394 e. The van der Waals surface area contributed by atoms with Gasteiger partial charge in [0.2, 0.25) is 16.4 Å². The average molecular weight is 287 g/mol. The van der Waals surface area contributed by atoms with Gasteiger partial charge in [-0.25, -0.2) is 13.1 Å². The molecule has 0 saturated heterocycles. The number of rotatable bonds is 7. The zero-order chi connectivity index (χ0) is 13.7. The summed E-state index contributed by atoms with van der Waals surface area (Å²) in [6, 6.07) is 0. The molecule has 0 aliphatic carbocycles. The maximum Gasteiger partial charge on any atom is 0.243 e. The lowest BCUT2D eigenvalue weighted by Crippen LogP contribution is -2.26. The first-order chi connectivity index (χ1) is 9.12. The van der Waals surface area contributed by atoms with E-state index in [1.165, 1.54) is 23.5 Å². The molecule has 0 fully saturated rings. The molecule has 19 heavy (non-hydrogen) atoms. The molecule has 0 aliphatic heterocycles. The molecule has 0 bridgehead atoms. The first-order valence-corrected chi connectivity index (χ1v) is 6.98. The number of aliphatic hydroxyl groups is 1. The number of aliphatic hydroxyl groups excluding tert-OH is 1. The zero-order valence-electron chi connectivity index (χ0n) is 9.93. The van der Waals surface area contributed by atoms with Crippen molar-refractivity contribution >= 4 is 10.0 Å². The minimum atomic E-state index is -3.61. The Morgan fingerprint density at radius 2 is 2.32 bits per heavy atom. The van der Waals surface area contributed by atoms with Gasteiger partial charge >= 0.3 is 0 Å². The summed E-state index contributed by atoms with van der Waals surface area (Å²) in [5.41, 5.74) is 0. The topological polar surface area (TPSA) is 123 Å². The third kappa shape index (κ3) is 3.59. The van der Waals surface area contributed by atoms with Crippen molar-refractivity contribution in [3.05, 3.63) is 24.6 Å². The molecule has 0 aromatic carbocycles. The molecule has 2 heterocycles. The van der Waals surface area contributed by atoms with Gasteiger partial charge in [0.1, 0.15) is 4.90 Å². The number of hydrogen-bond donors (Lipinski definition) is 2. The summed E-state index contributed by atoms with van der Waals surface area (Å²) in [7, 11) is -3.61. The van der Waals surface area contributed by atoms with Crippen LogP contribution in [0.5, 0.6) is 0 Å². The highest BCUT2D eigenvalue weighted by molar-refractivity contribution is 7.89. The summed E-state index contributed by atoms with van der Waals surface area (Å²) in [6.45, 7) is 0.303. The van der Waals surface area contributed by atoms with Gasteiger partial charge < -0.3 is 9.63 Å². The Labute approximate surface area is 109 Å². The van der Waals surface area contributed by atoms with Crippen LogP contribution >= 0.6 is 0 Å². The fraction of sp³-hybridized carbons (Fsp3) is 0.444. The van der Waals surface area contributed by atoms with Crippen LogP contribution in [-0.2, 0) is 23.0 Å². The second kappa shape index (κ2) is 5.91. The highest BCUT2D eigenvalue weighted by atomic mass is 32.2. The molecule has 10 heteroatoms. The highest BCUT2D eigenvalue weighted by Gasteiger charge is 2.16. The van der Waals surface area contributed by atoms with Gasteiger partial charge in [0.05, 0.1) is 19.3 Å². The molecule has 0 aliphatic rings. The Morgan fingerprint density at radius 1 is 1.47 bits per heavy atom. The molecule has 0 spiro atoms. The van der Waals surface area contributed by atoms with Crippen molar-refractivity contribution in [3.63, 3.8) is 0 Å². The molecule has 104 valence electrons. The number of aromatic nitrogens is 4. The van der Waals surface area contributed by atoms with Gasteiger partial charge in [0, 0.05) is 19.2 Å². The number of nitrogens with zero attached hydrogens (tertiary/aromatic N) is 4. The van der Waals surface area contributed by atoms with Gasteiger partial charge in [-0.2, -0.15) is 10.1 Å². The quantitative estimate of drug-likeness (QED) is 0.654. The summed E-state index contributed by atoms with van der Waals surface area (Å²) in [5.74, 6) is 0.429. The van der Waals surface area contributed by atoms with Gasteiger partial charge in [0.15, 0.2) is 5.82 Å². The number of hydrogen-bond acceptors (Lipinski definition) is 7. The van der Waals surface area contributed by atoms with Crippen LogP contribution in [0.3, 0.4) is 0 Å². The molecule has 2 aromatic heterocycles. The summed E-state index contributed by atoms with van der Waals surface area (Å²) >= 11 is 0. The molecule has 2 rings (SSSR count). The van der Waals surface area contributed by atoms with Crippen molar-refractivity contribution in [2.45, 2.75) is 17.9 Å². The van der Waals surface area contributed by atoms with Crippen molar-refractivity contribution < 1.29 is 18.0 Å². The predicted molar refractivity (Wildman–Crippen MR) is 62.5 cm³/mol. The van der Waals surface area contributed by atoms with E-state index in [2.05, 4.69) is 24.5 Å². The first-order valence-electron chi connectivity index (χ1n) is 5.50. The maximum absolute atomic E-state index is 11.9. The third-order valence-corrected chi connectivity index (χ3v) is 3.71. The van der Waals surface area contributed by atoms with Gasteiger partial charge in [-0.15, -0.1) is 0 Å². The Balaban J connectivity index is 1.93. The summed E-state index contributed by atoms with van der Waals surface area (Å²) < 4.78 is 32.1. The lowest BCUT2D eigenvalue weighted by Gasteiger charge is -2.02. The normalized spacial score (nSPS) is 11.8. The predicted octanol–water partition coefficient (Wildman–Crippen LogP) is -1.22. The van der Waals surface area contributed by atoms with Crippen LogP contribution < -0.4 is 4.72 Å². The van der Waals surface area contributed by atoms with Gasteiger partial charge in [0.25, 0.3) is 0 Å². The van der Waals surface area contributed by atoms with Gasteiger partial charge in [-0.3, -0.25) is 4.68 Å². The van der Waals surface area contributed by atoms with E-state index in [0.29, 0.717) is 12.2 Å². The van der Waals surface area contributed by atoms with E-state index in [1.54, 1.807) is 0 Å². The Hall–Kier alpha value is -1.78. The van der Waals surface area contributed by atoms with Crippen molar-refractivity contribution in [2.24, 2.45) is 0 Å². The SMILES string of the molecule is O=S(=O)(NCCc1ncon1)c1cnn(CCO)c1. The van der Waals surface area contributed by atoms with Crippen molar-refractivity contribution in [1.29, 1.82) is 0 Å². The minimum Gasteiger partial charge on any atom is -0.394 e. The zero-order valence-corrected chi connectivity index (χ0v) is 10.7. The monoisotopic (exact) mass is 287 g/mol. The van der Waals surface area contributed by atoms with E-state index in [9.17, 15) is 8.42 Å². The fourth-order valence-electron chi connectivity index (χ4n) is 1.39. The number of nitrogens with one attached hydrogen (secondary N) is 1. The Bertz CT molecular complexity index is 606. The average Bonchev–Trinajstić information content (AvgIpc) is 3.00. The standard InChI is InChI=1S/C9H13N5O4S/c15-4-3-14-6-8(5-11-14)19(16,17)12-2-1-9-10-7-18-13-9/h5-7,12,15H,1-4H2. The molecule has 0 unspecified atom stereocenters. The highest BCUT2D eigenvalue weighted by Crippen LogP contribution is 2.06. The van der Waals surface area contributed by atoms with E-state index in [1.807, 2.05) is 0 Å². The molecule has 2 N–H and O–H groups in total. The Morgan fingerprint density at radius 3 is 3.00 bits per heavy atom. The third-order valence-electron chi connectivity index (χ3n) is 2.30. The second-order valence-corrected chi connectivity index (χ2v) is 5.42. The van der Waals surface area contributed by atoms with Gasteiger partial charge in [-0.05, 0) is 0 Å². The smallest absolute Gasteiger partial charge is 0.243 e. The van der Waals surface area contributed by atoms with E-state index < -0.39 is 10.0 Å². The van der Waals surface area contributed by atoms with Crippen LogP contribution in [0.25, 0.3) is 0 Å². The molecular weight excluding hydrogens is 274 g/mol. The van der Waals surface area contributed by atoms with Crippen LogP contribution in [0.4, 0.5) is 0 Å². The summed E-state index contributed by atoms with van der Waals surface area (Å²) in [6.07, 6.45) is 4.10. The van der Waals surface area contributed by atoms with Crippen LogP contribution in [0.2, 0.25) is 0 Å². The van der Waals surface area contributed by atoms with Crippen molar-refractivity contribution in [1.82, 2.24) is 24.6 Å². The lowest BCUT2D eigenvalue weighted by atomic mass is 10.4. The molecule has 0 saturated carbocycles. The Kier molecular flexibility index (Phi) is 4.24. The van der Waals surface area contributed by atoms with E-state index in [4.69, 9.17) is 5.11 Å². The van der Waals surface area contributed by atoms with Crippen molar-refractivity contribution in [3.8, 4) is 0 Å². The summed E-state index contributed by atoms with van der Waals surface area (Å²) in [5, 5.41) is 16.1.